The van der Waals surface area contributed by atoms with E-state index >= 15 is 0 Å². The van der Waals surface area contributed by atoms with Crippen LogP contribution in [0, 0.1) is 23.2 Å². The third kappa shape index (κ3) is 7.74. The highest BCUT2D eigenvalue weighted by Crippen LogP contribution is 2.64. The fourth-order valence-corrected chi connectivity index (χ4v) is 11.1. The number of hydrogen-bond donors (Lipinski definition) is 1. The first-order valence-electron chi connectivity index (χ1n) is 18.5. The molecule has 0 aliphatic heterocycles. The highest BCUT2D eigenvalue weighted by atomic mass is 28.4. The van der Waals surface area contributed by atoms with Gasteiger partial charge in [0.25, 0.3) is 0 Å². The molecule has 1 aromatic carbocycles. The minimum atomic E-state index is -1.88. The number of aliphatic hydroxyl groups excluding tert-OH is 1. The van der Waals surface area contributed by atoms with Crippen molar-refractivity contribution in [2.45, 2.75) is 180 Å². The lowest BCUT2D eigenvalue weighted by Gasteiger charge is -2.52. The van der Waals surface area contributed by atoms with Gasteiger partial charge in [0.2, 0.25) is 8.32 Å². The van der Waals surface area contributed by atoms with E-state index in [0.717, 1.165) is 24.0 Å². The second-order valence-electron chi connectivity index (χ2n) is 18.5. The summed E-state index contributed by atoms with van der Waals surface area (Å²) in [6.07, 6.45) is 17.0. The van der Waals surface area contributed by atoms with E-state index in [-0.39, 0.29) is 10.1 Å². The van der Waals surface area contributed by atoms with Crippen LogP contribution in [-0.2, 0) is 10.8 Å². The molecule has 0 radical (unpaired) electrons. The second kappa shape index (κ2) is 13.8. The molecule has 6 atom stereocenters. The Bertz CT molecular complexity index is 1080. The van der Waals surface area contributed by atoms with Gasteiger partial charge >= 0.3 is 0 Å². The molecule has 3 aliphatic rings. The smallest absolute Gasteiger partial charge is 0.250 e. The van der Waals surface area contributed by atoms with Crippen molar-refractivity contribution in [3.63, 3.8) is 0 Å². The Labute approximate surface area is 274 Å². The molecule has 2 saturated carbocycles. The molecular formula is C39H70O3Si2. The van der Waals surface area contributed by atoms with Gasteiger partial charge in [0, 0.05) is 6.61 Å². The predicted octanol–water partition coefficient (Wildman–Crippen LogP) is 11.7. The summed E-state index contributed by atoms with van der Waals surface area (Å²) in [5.41, 5.74) is 3.50. The highest BCUT2D eigenvalue weighted by molar-refractivity contribution is 6.75. The standard InChI is InChI=1S/C39H70O3Si2/c1-37(2,3)43(8,9)41-31-21-23-32-29(27-31)20-22-34-33(32)24-25-39(7)35(34)28-30(19-17-15-13-12-14-16-18-26-40)36(39)42-44(10,11)38(4,5)6/h21,23,27,30,33-36,40H,12-20,22,24-26,28H2,1-11H3/t30-,33+,34+,35-,36-,39-/m0/s1. The van der Waals surface area contributed by atoms with Crippen molar-refractivity contribution in [2.75, 3.05) is 6.61 Å². The van der Waals surface area contributed by atoms with Crippen molar-refractivity contribution in [3.8, 4) is 5.75 Å². The molecule has 0 amide bonds. The molecular weight excluding hydrogens is 573 g/mol. The Morgan fingerprint density at radius 1 is 0.841 bits per heavy atom. The number of unbranched alkanes of at least 4 members (excludes halogenated alkanes) is 6. The monoisotopic (exact) mass is 642 g/mol. The second-order valence-corrected chi connectivity index (χ2v) is 27.9. The lowest BCUT2D eigenvalue weighted by Crippen LogP contribution is -2.51. The van der Waals surface area contributed by atoms with Crippen molar-refractivity contribution in [3.05, 3.63) is 29.3 Å². The fourth-order valence-electron chi connectivity index (χ4n) is 8.60. The van der Waals surface area contributed by atoms with Gasteiger partial charge in [0.05, 0.1) is 6.10 Å². The molecule has 0 aromatic heterocycles. The fraction of sp³-hybridized carbons (Fsp3) is 0.846. The van der Waals surface area contributed by atoms with E-state index in [4.69, 9.17) is 14.0 Å². The zero-order valence-electron chi connectivity index (χ0n) is 30.8. The summed E-state index contributed by atoms with van der Waals surface area (Å²) >= 11 is 0. The summed E-state index contributed by atoms with van der Waals surface area (Å²) in [6.45, 7) is 26.9. The molecule has 1 N–H and O–H groups in total. The minimum Gasteiger partial charge on any atom is -0.543 e. The average molecular weight is 643 g/mol. The van der Waals surface area contributed by atoms with Gasteiger partial charge in [-0.2, -0.15) is 0 Å². The molecule has 252 valence electrons. The molecule has 0 saturated heterocycles. The summed E-state index contributed by atoms with van der Waals surface area (Å²) in [5.74, 6) is 4.07. The van der Waals surface area contributed by atoms with Crippen molar-refractivity contribution in [1.82, 2.24) is 0 Å². The average Bonchev–Trinajstić information content (AvgIpc) is 3.19. The topological polar surface area (TPSA) is 38.7 Å². The van der Waals surface area contributed by atoms with Crippen molar-refractivity contribution in [2.24, 2.45) is 23.2 Å². The number of aliphatic hydroxyl groups is 1. The van der Waals surface area contributed by atoms with Gasteiger partial charge in [-0.3, -0.25) is 0 Å². The summed E-state index contributed by atoms with van der Waals surface area (Å²) in [5, 5.41) is 9.53. The van der Waals surface area contributed by atoms with E-state index < -0.39 is 16.6 Å². The van der Waals surface area contributed by atoms with Gasteiger partial charge < -0.3 is 14.0 Å². The molecule has 2 fully saturated rings. The van der Waals surface area contributed by atoms with Crippen LogP contribution in [0.5, 0.6) is 5.75 Å². The first kappa shape index (κ1) is 36.2. The zero-order chi connectivity index (χ0) is 32.6. The minimum absolute atomic E-state index is 0.212. The van der Waals surface area contributed by atoms with Crippen molar-refractivity contribution < 1.29 is 14.0 Å². The Morgan fingerprint density at radius 2 is 1.45 bits per heavy atom. The highest BCUT2D eigenvalue weighted by Gasteiger charge is 2.60. The number of hydrogen-bond acceptors (Lipinski definition) is 3. The number of benzene rings is 1. The van der Waals surface area contributed by atoms with Gasteiger partial charge in [0.15, 0.2) is 8.32 Å². The molecule has 1 aromatic rings. The maximum absolute atomic E-state index is 9.07. The Kier molecular flexibility index (Phi) is 11.4. The van der Waals surface area contributed by atoms with Crippen LogP contribution in [0.25, 0.3) is 0 Å². The van der Waals surface area contributed by atoms with E-state index in [9.17, 15) is 0 Å². The first-order valence-corrected chi connectivity index (χ1v) is 24.3. The summed E-state index contributed by atoms with van der Waals surface area (Å²) in [7, 11) is -3.73. The van der Waals surface area contributed by atoms with Gasteiger partial charge in [-0.25, -0.2) is 0 Å². The lowest BCUT2D eigenvalue weighted by atomic mass is 9.55. The number of fused-ring (bicyclic) bond motifs is 5. The number of rotatable bonds is 13. The van der Waals surface area contributed by atoms with Crippen LogP contribution in [0.1, 0.15) is 143 Å². The third-order valence-electron chi connectivity index (χ3n) is 13.4. The third-order valence-corrected chi connectivity index (χ3v) is 22.2. The summed E-state index contributed by atoms with van der Waals surface area (Å²) in [4.78, 5) is 0. The molecule has 4 rings (SSSR count). The maximum atomic E-state index is 9.07. The molecule has 0 bridgehead atoms. The molecule has 5 heteroatoms. The van der Waals surface area contributed by atoms with Gasteiger partial charge in [-0.05, 0) is 134 Å². The van der Waals surface area contributed by atoms with E-state index in [1.54, 1.807) is 11.1 Å². The van der Waals surface area contributed by atoms with Crippen LogP contribution >= 0.6 is 0 Å². The predicted molar refractivity (Wildman–Crippen MR) is 194 cm³/mol. The Morgan fingerprint density at radius 3 is 2.07 bits per heavy atom. The largest absolute Gasteiger partial charge is 0.543 e. The van der Waals surface area contributed by atoms with Crippen LogP contribution in [0.15, 0.2) is 18.2 Å². The zero-order valence-corrected chi connectivity index (χ0v) is 32.8. The van der Waals surface area contributed by atoms with Crippen molar-refractivity contribution in [1.29, 1.82) is 0 Å². The normalized spacial score (nSPS) is 29.2. The van der Waals surface area contributed by atoms with Crippen LogP contribution < -0.4 is 4.43 Å². The van der Waals surface area contributed by atoms with E-state index in [1.165, 1.54) is 77.0 Å². The summed E-state index contributed by atoms with van der Waals surface area (Å²) < 4.78 is 14.3. The molecule has 0 unspecified atom stereocenters. The van der Waals surface area contributed by atoms with E-state index in [2.05, 4.69) is 92.9 Å². The first-order chi connectivity index (χ1) is 20.4. The van der Waals surface area contributed by atoms with Gasteiger partial charge in [-0.1, -0.05) is 93.1 Å². The van der Waals surface area contributed by atoms with Crippen LogP contribution in [0.4, 0.5) is 0 Å². The summed E-state index contributed by atoms with van der Waals surface area (Å²) in [6, 6.07) is 7.19. The maximum Gasteiger partial charge on any atom is 0.250 e. The van der Waals surface area contributed by atoms with Crippen LogP contribution in [-0.4, -0.2) is 34.5 Å². The van der Waals surface area contributed by atoms with Gasteiger partial charge in [0.1, 0.15) is 5.75 Å². The Hall–Kier alpha value is -0.626. The van der Waals surface area contributed by atoms with E-state index in [0.29, 0.717) is 30.0 Å². The lowest BCUT2D eigenvalue weighted by molar-refractivity contribution is -0.0264. The molecule has 0 heterocycles. The van der Waals surface area contributed by atoms with Gasteiger partial charge in [-0.15, -0.1) is 0 Å². The molecule has 3 aliphatic carbocycles. The molecule has 3 nitrogen and oxygen atoms in total. The van der Waals surface area contributed by atoms with Crippen LogP contribution in [0.2, 0.25) is 36.3 Å². The van der Waals surface area contributed by atoms with Crippen molar-refractivity contribution >= 4 is 16.6 Å². The molecule has 44 heavy (non-hydrogen) atoms. The molecule has 0 spiro atoms. The van der Waals surface area contributed by atoms with E-state index in [1.807, 2.05) is 0 Å². The number of aryl methyl sites for hydroxylation is 1. The SMILES string of the molecule is CC(C)(C)[Si](C)(C)Oc1ccc2c(c1)CC[C@@H]1[C@@H]2CC[C@@]2(C)[C@H]1C[C@H](CCCCCCCCCO)[C@@H]2O[Si](C)(C)C(C)(C)C. The quantitative estimate of drug-likeness (QED) is 0.172. The Balaban J connectivity index is 1.50. The van der Waals surface area contributed by atoms with Crippen LogP contribution in [0.3, 0.4) is 0 Å².